The number of rotatable bonds is 6. The number of fused-ring (bicyclic) bond motifs is 1. The van der Waals surface area contributed by atoms with Gasteiger partial charge in [0.15, 0.2) is 21.3 Å². The molecule has 1 fully saturated rings. The maximum absolute atomic E-state index is 11.8. The van der Waals surface area contributed by atoms with Gasteiger partial charge >= 0.3 is 0 Å². The lowest BCUT2D eigenvalue weighted by Gasteiger charge is -2.23. The average molecular weight is 495 g/mol. The van der Waals surface area contributed by atoms with E-state index in [1.807, 2.05) is 18.3 Å². The Kier molecular flexibility index (Phi) is 6.16. The Balaban J connectivity index is 1.59. The molecule has 0 atom stereocenters. The van der Waals surface area contributed by atoms with Crippen molar-refractivity contribution >= 4 is 20.7 Å². The van der Waals surface area contributed by atoms with Gasteiger partial charge in [-0.05, 0) is 36.6 Å². The molecule has 2 aromatic heterocycles. The minimum atomic E-state index is -3.26. The fraction of sp³-hybridized carbons (Fsp3) is 0.320. The van der Waals surface area contributed by atoms with Crippen molar-refractivity contribution in [1.82, 2.24) is 19.7 Å². The second-order valence-electron chi connectivity index (χ2n) is 8.49. The molecule has 1 aliphatic rings. The second-order valence-corrected chi connectivity index (χ2v) is 10.5. The highest BCUT2D eigenvalue weighted by molar-refractivity contribution is 7.90. The van der Waals surface area contributed by atoms with Crippen LogP contribution in [0.15, 0.2) is 53.7 Å². The van der Waals surface area contributed by atoms with Crippen molar-refractivity contribution in [3.63, 3.8) is 0 Å². The largest absolute Gasteiger partial charge is 0.493 e. The van der Waals surface area contributed by atoms with Crippen molar-refractivity contribution < 1.29 is 22.6 Å². The zero-order valence-electron chi connectivity index (χ0n) is 19.8. The van der Waals surface area contributed by atoms with Gasteiger partial charge in [-0.3, -0.25) is 0 Å². The molecule has 0 spiro atoms. The van der Waals surface area contributed by atoms with Crippen molar-refractivity contribution in [2.24, 2.45) is 0 Å². The maximum Gasteiger partial charge on any atom is 0.251 e. The van der Waals surface area contributed by atoms with Crippen molar-refractivity contribution in [3.05, 3.63) is 54.5 Å². The summed E-state index contributed by atoms with van der Waals surface area (Å²) in [5, 5.41) is 5.41. The van der Waals surface area contributed by atoms with Crippen LogP contribution in [0.4, 0.5) is 0 Å². The SMILES string of the molecule is COc1cc2nc(-n3cc(-c4ccc(S(C)(=O)=O)cc4)cn3)nc(C3CCOCC3)c2cc1OC. The van der Waals surface area contributed by atoms with E-state index in [2.05, 4.69) is 5.10 Å². The predicted molar refractivity (Wildman–Crippen MR) is 131 cm³/mol. The molecule has 35 heavy (non-hydrogen) atoms. The summed E-state index contributed by atoms with van der Waals surface area (Å²) in [7, 11) is -0.0466. The Morgan fingerprint density at radius 1 is 0.971 bits per heavy atom. The molecule has 5 rings (SSSR count). The molecule has 2 aromatic carbocycles. The fourth-order valence-electron chi connectivity index (χ4n) is 4.33. The minimum absolute atomic E-state index is 0.227. The summed E-state index contributed by atoms with van der Waals surface area (Å²) in [4.78, 5) is 9.99. The van der Waals surface area contributed by atoms with Gasteiger partial charge in [0.1, 0.15) is 0 Å². The van der Waals surface area contributed by atoms with E-state index in [1.54, 1.807) is 49.4 Å². The van der Waals surface area contributed by atoms with Crippen molar-refractivity contribution in [2.45, 2.75) is 23.7 Å². The van der Waals surface area contributed by atoms with Gasteiger partial charge in [0.2, 0.25) is 0 Å². The molecule has 0 bridgehead atoms. The average Bonchev–Trinajstić information content (AvgIpc) is 3.37. The molecular formula is C25H26N4O5S. The highest BCUT2D eigenvalue weighted by atomic mass is 32.2. The quantitative estimate of drug-likeness (QED) is 0.399. The van der Waals surface area contributed by atoms with E-state index in [1.165, 1.54) is 6.26 Å². The lowest BCUT2D eigenvalue weighted by Crippen LogP contribution is -2.17. The highest BCUT2D eigenvalue weighted by Gasteiger charge is 2.23. The number of nitrogens with zero attached hydrogens (tertiary/aromatic N) is 4. The summed E-state index contributed by atoms with van der Waals surface area (Å²) in [6.07, 6.45) is 6.49. The molecule has 10 heteroatoms. The van der Waals surface area contributed by atoms with Gasteiger partial charge in [0, 0.05) is 48.6 Å². The zero-order valence-corrected chi connectivity index (χ0v) is 20.6. The third-order valence-electron chi connectivity index (χ3n) is 6.23. The second kappa shape index (κ2) is 9.27. The van der Waals surface area contributed by atoms with E-state index in [4.69, 9.17) is 24.2 Å². The first-order valence-electron chi connectivity index (χ1n) is 11.2. The van der Waals surface area contributed by atoms with Crippen molar-refractivity contribution in [3.8, 4) is 28.6 Å². The van der Waals surface area contributed by atoms with E-state index in [-0.39, 0.29) is 10.8 Å². The monoisotopic (exact) mass is 494 g/mol. The summed E-state index contributed by atoms with van der Waals surface area (Å²) >= 11 is 0. The number of hydrogen-bond donors (Lipinski definition) is 0. The summed E-state index contributed by atoms with van der Waals surface area (Å²) in [5.41, 5.74) is 3.35. The third-order valence-corrected chi connectivity index (χ3v) is 7.36. The zero-order chi connectivity index (χ0) is 24.6. The van der Waals surface area contributed by atoms with E-state index >= 15 is 0 Å². The van der Waals surface area contributed by atoms with Crippen LogP contribution in [0.1, 0.15) is 24.5 Å². The normalized spacial score (nSPS) is 14.8. The van der Waals surface area contributed by atoms with Crippen LogP contribution < -0.4 is 9.47 Å². The molecule has 0 amide bonds. The number of methoxy groups -OCH3 is 2. The molecule has 0 saturated carbocycles. The van der Waals surface area contributed by atoms with Gasteiger partial charge < -0.3 is 14.2 Å². The Labute approximate surface area is 203 Å². The predicted octanol–water partition coefficient (Wildman–Crippen LogP) is 3.80. The Bertz CT molecular complexity index is 1480. The van der Waals surface area contributed by atoms with E-state index in [0.29, 0.717) is 30.7 Å². The topological polar surface area (TPSA) is 105 Å². The van der Waals surface area contributed by atoms with Crippen LogP contribution in [0.2, 0.25) is 0 Å². The Morgan fingerprint density at radius 3 is 2.31 bits per heavy atom. The Morgan fingerprint density at radius 2 is 1.66 bits per heavy atom. The molecule has 182 valence electrons. The number of hydrogen-bond acceptors (Lipinski definition) is 8. The van der Waals surface area contributed by atoms with Crippen LogP contribution in [0.5, 0.6) is 11.5 Å². The van der Waals surface area contributed by atoms with Gasteiger partial charge in [-0.25, -0.2) is 23.1 Å². The summed E-state index contributed by atoms with van der Waals surface area (Å²) < 4.78 is 41.8. The first kappa shape index (κ1) is 23.3. The first-order valence-corrected chi connectivity index (χ1v) is 13.1. The van der Waals surface area contributed by atoms with Gasteiger partial charge in [0.05, 0.1) is 36.5 Å². The smallest absolute Gasteiger partial charge is 0.251 e. The standard InChI is InChI=1S/C25H26N4O5S/c1-32-22-12-20-21(13-23(22)33-2)27-25(28-24(20)17-8-10-34-11-9-17)29-15-18(14-26-29)16-4-6-19(7-5-16)35(3,30)31/h4-7,12-15,17H,8-11H2,1-3H3. The van der Waals surface area contributed by atoms with Crippen LogP contribution in [0.25, 0.3) is 28.0 Å². The summed E-state index contributed by atoms with van der Waals surface area (Å²) in [5.74, 6) is 1.90. The molecule has 1 aliphatic heterocycles. The molecule has 0 radical (unpaired) electrons. The lowest BCUT2D eigenvalue weighted by molar-refractivity contribution is 0.0848. The van der Waals surface area contributed by atoms with E-state index in [0.717, 1.165) is 40.6 Å². The molecule has 0 aliphatic carbocycles. The molecule has 4 aromatic rings. The van der Waals surface area contributed by atoms with Crippen LogP contribution in [0, 0.1) is 0 Å². The van der Waals surface area contributed by atoms with Crippen LogP contribution >= 0.6 is 0 Å². The lowest BCUT2D eigenvalue weighted by atomic mass is 9.93. The van der Waals surface area contributed by atoms with E-state index in [9.17, 15) is 8.42 Å². The molecule has 1 saturated heterocycles. The van der Waals surface area contributed by atoms with Gasteiger partial charge in [-0.2, -0.15) is 5.10 Å². The number of ether oxygens (including phenoxy) is 3. The minimum Gasteiger partial charge on any atom is -0.493 e. The maximum atomic E-state index is 11.8. The van der Waals surface area contributed by atoms with Crippen LogP contribution in [-0.2, 0) is 14.6 Å². The molecule has 0 N–H and O–H groups in total. The first-order chi connectivity index (χ1) is 16.9. The summed E-state index contributed by atoms with van der Waals surface area (Å²) in [6, 6.07) is 10.5. The summed E-state index contributed by atoms with van der Waals surface area (Å²) in [6.45, 7) is 1.38. The molecule has 9 nitrogen and oxygen atoms in total. The van der Waals surface area contributed by atoms with Crippen LogP contribution in [-0.4, -0.2) is 61.9 Å². The molecule has 0 unspecified atom stereocenters. The van der Waals surface area contributed by atoms with Crippen LogP contribution in [0.3, 0.4) is 0 Å². The highest BCUT2D eigenvalue weighted by Crippen LogP contribution is 2.37. The van der Waals surface area contributed by atoms with Gasteiger partial charge in [-0.15, -0.1) is 0 Å². The number of sulfone groups is 1. The molecular weight excluding hydrogens is 468 g/mol. The van der Waals surface area contributed by atoms with Gasteiger partial charge in [-0.1, -0.05) is 12.1 Å². The number of aromatic nitrogens is 4. The third kappa shape index (κ3) is 4.59. The fourth-order valence-corrected chi connectivity index (χ4v) is 4.96. The van der Waals surface area contributed by atoms with Gasteiger partial charge in [0.25, 0.3) is 5.95 Å². The van der Waals surface area contributed by atoms with Crippen molar-refractivity contribution in [1.29, 1.82) is 0 Å². The van der Waals surface area contributed by atoms with Crippen molar-refractivity contribution in [2.75, 3.05) is 33.7 Å². The molecule has 3 heterocycles. The Hall–Kier alpha value is -3.50. The number of benzene rings is 2. The van der Waals surface area contributed by atoms with E-state index < -0.39 is 9.84 Å².